The third-order valence-corrected chi connectivity index (χ3v) is 12.3. The molecule has 0 aliphatic carbocycles. The van der Waals surface area contributed by atoms with Gasteiger partial charge in [0.05, 0.1) is 11.4 Å². The third-order valence-electron chi connectivity index (χ3n) is 12.3. The maximum Gasteiger partial charge on any atom is 0.143 e. The Bertz CT molecular complexity index is 3620. The van der Waals surface area contributed by atoms with E-state index in [1.165, 1.54) is 5.56 Å². The van der Waals surface area contributed by atoms with Gasteiger partial charge >= 0.3 is 0 Å². The number of fused-ring (bicyclic) bond motifs is 6. The van der Waals surface area contributed by atoms with Crippen molar-refractivity contribution in [2.45, 2.75) is 0 Å². The molecule has 296 valence electrons. The molecule has 12 rings (SSSR count). The fraction of sp³-hybridized carbons (Fsp3) is 0. The van der Waals surface area contributed by atoms with Crippen molar-refractivity contribution in [2.24, 2.45) is 0 Å². The molecule has 0 atom stereocenters. The van der Waals surface area contributed by atoms with Gasteiger partial charge in [-0.05, 0) is 81.4 Å². The molecule has 2 aromatic heterocycles. The molecule has 0 aliphatic rings. The molecule has 63 heavy (non-hydrogen) atoms. The minimum atomic E-state index is 0.870. The summed E-state index contributed by atoms with van der Waals surface area (Å²) in [5.41, 5.74) is 17.9. The van der Waals surface area contributed by atoms with Crippen molar-refractivity contribution in [1.29, 1.82) is 0 Å². The molecule has 0 fully saturated rings. The maximum atomic E-state index is 6.72. The zero-order valence-corrected chi connectivity index (χ0v) is 34.3. The Morgan fingerprint density at radius 2 is 0.762 bits per heavy atom. The summed E-state index contributed by atoms with van der Waals surface area (Å²) >= 11 is 0. The van der Waals surface area contributed by atoms with E-state index in [4.69, 9.17) is 8.83 Å². The van der Waals surface area contributed by atoms with Crippen LogP contribution in [0.15, 0.2) is 245 Å². The van der Waals surface area contributed by atoms with E-state index in [1.54, 1.807) is 0 Å². The van der Waals surface area contributed by atoms with Crippen LogP contribution in [0.3, 0.4) is 0 Å². The Morgan fingerprint density at radius 3 is 1.54 bits per heavy atom. The maximum absolute atomic E-state index is 6.72. The Labute approximate surface area is 365 Å². The minimum Gasteiger partial charge on any atom is -0.456 e. The van der Waals surface area contributed by atoms with E-state index in [0.29, 0.717) is 0 Å². The minimum absolute atomic E-state index is 0.870. The van der Waals surface area contributed by atoms with Gasteiger partial charge < -0.3 is 13.7 Å². The van der Waals surface area contributed by atoms with Gasteiger partial charge in [-0.15, -0.1) is 0 Å². The summed E-state index contributed by atoms with van der Waals surface area (Å²) in [5.74, 6) is 0. The largest absolute Gasteiger partial charge is 0.456 e. The first kappa shape index (κ1) is 36.5. The van der Waals surface area contributed by atoms with Gasteiger partial charge in [-0.3, -0.25) is 0 Å². The first-order valence-electron chi connectivity index (χ1n) is 21.4. The normalized spacial score (nSPS) is 11.5. The molecule has 2 heterocycles. The van der Waals surface area contributed by atoms with Crippen molar-refractivity contribution in [3.63, 3.8) is 0 Å². The van der Waals surface area contributed by atoms with Crippen LogP contribution in [-0.4, -0.2) is 0 Å². The van der Waals surface area contributed by atoms with Crippen LogP contribution in [-0.2, 0) is 0 Å². The molecule has 0 N–H and O–H groups in total. The standard InChI is InChI=1S/C60H39NO2/c1-3-18-40(19-4-1)44-22-7-8-25-49(44)58-45(41-20-5-2-6-21-41)27-16-32-54(58)61(43-38-36-42(37-39-43)46-28-17-35-57-59(46)52-26-11-14-34-56(52)62-57)53-31-12-9-23-47(53)50-29-15-30-51-48-24-10-13-33-55(48)63-60(50)51/h1-39H. The number of rotatable bonds is 8. The van der Waals surface area contributed by atoms with Crippen molar-refractivity contribution in [3.8, 4) is 55.6 Å². The fourth-order valence-corrected chi connectivity index (χ4v) is 9.51. The SMILES string of the molecule is c1ccc(-c2ccccc2-c2c(-c3ccccc3)cccc2N(c2ccc(-c3cccc4oc5ccccc5c34)cc2)c2ccccc2-c2cccc3c2oc2ccccc23)cc1. The molecule has 0 spiro atoms. The number of hydrogen-bond donors (Lipinski definition) is 0. The summed E-state index contributed by atoms with van der Waals surface area (Å²) in [4.78, 5) is 2.44. The first-order valence-corrected chi connectivity index (χ1v) is 21.4. The highest BCUT2D eigenvalue weighted by atomic mass is 16.3. The van der Waals surface area contributed by atoms with Crippen molar-refractivity contribution in [3.05, 3.63) is 237 Å². The molecule has 0 aliphatic heterocycles. The number of anilines is 3. The zero-order valence-electron chi connectivity index (χ0n) is 34.3. The summed E-state index contributed by atoms with van der Waals surface area (Å²) < 4.78 is 13.0. The molecular formula is C60H39NO2. The van der Waals surface area contributed by atoms with E-state index in [0.717, 1.165) is 111 Å². The number of furan rings is 2. The quantitative estimate of drug-likeness (QED) is 0.153. The van der Waals surface area contributed by atoms with Crippen molar-refractivity contribution < 1.29 is 8.83 Å². The molecule has 0 saturated carbocycles. The Hall–Kier alpha value is -8.40. The van der Waals surface area contributed by atoms with Crippen molar-refractivity contribution in [1.82, 2.24) is 0 Å². The van der Waals surface area contributed by atoms with E-state index in [9.17, 15) is 0 Å². The second kappa shape index (κ2) is 15.3. The van der Waals surface area contributed by atoms with Crippen LogP contribution in [0.2, 0.25) is 0 Å². The lowest BCUT2D eigenvalue weighted by atomic mass is 9.87. The molecule has 12 aromatic rings. The second-order valence-corrected chi connectivity index (χ2v) is 15.9. The molecule has 3 heteroatoms. The zero-order chi connectivity index (χ0) is 41.7. The smallest absolute Gasteiger partial charge is 0.143 e. The summed E-state index contributed by atoms with van der Waals surface area (Å²) in [6.45, 7) is 0. The molecule has 0 radical (unpaired) electrons. The molecule has 0 unspecified atom stereocenters. The highest BCUT2D eigenvalue weighted by molar-refractivity contribution is 6.13. The Kier molecular flexibility index (Phi) is 8.83. The summed E-state index contributed by atoms with van der Waals surface area (Å²) in [5, 5.41) is 4.44. The predicted octanol–water partition coefficient (Wildman–Crippen LogP) is 17.3. The molecular weight excluding hydrogens is 767 g/mol. The van der Waals surface area contributed by atoms with Gasteiger partial charge in [0, 0.05) is 43.9 Å². The van der Waals surface area contributed by atoms with Gasteiger partial charge in [0.25, 0.3) is 0 Å². The molecule has 0 bridgehead atoms. The van der Waals surface area contributed by atoms with Gasteiger partial charge in [0.1, 0.15) is 22.3 Å². The first-order chi connectivity index (χ1) is 31.3. The fourth-order valence-electron chi connectivity index (χ4n) is 9.51. The van der Waals surface area contributed by atoms with Gasteiger partial charge in [-0.1, -0.05) is 194 Å². The number of hydrogen-bond acceptors (Lipinski definition) is 3. The third kappa shape index (κ3) is 6.21. The number of nitrogens with zero attached hydrogens (tertiary/aromatic N) is 1. The van der Waals surface area contributed by atoms with E-state index in [2.05, 4.69) is 223 Å². The predicted molar refractivity (Wildman–Crippen MR) is 263 cm³/mol. The van der Waals surface area contributed by atoms with Gasteiger partial charge in [-0.2, -0.15) is 0 Å². The van der Waals surface area contributed by atoms with Crippen LogP contribution < -0.4 is 4.90 Å². The molecule has 3 nitrogen and oxygen atoms in total. The average molecular weight is 806 g/mol. The van der Waals surface area contributed by atoms with Crippen LogP contribution >= 0.6 is 0 Å². The lowest BCUT2D eigenvalue weighted by Gasteiger charge is -2.31. The second-order valence-electron chi connectivity index (χ2n) is 15.9. The van der Waals surface area contributed by atoms with Crippen LogP contribution in [0.25, 0.3) is 99.5 Å². The molecule has 0 saturated heterocycles. The topological polar surface area (TPSA) is 29.5 Å². The van der Waals surface area contributed by atoms with Crippen LogP contribution in [0.4, 0.5) is 17.1 Å². The van der Waals surface area contributed by atoms with Gasteiger partial charge in [0.2, 0.25) is 0 Å². The van der Waals surface area contributed by atoms with E-state index in [1.807, 2.05) is 18.2 Å². The Balaban J connectivity index is 1.13. The van der Waals surface area contributed by atoms with Gasteiger partial charge in [0.15, 0.2) is 0 Å². The lowest BCUT2D eigenvalue weighted by Crippen LogP contribution is -2.13. The highest BCUT2D eigenvalue weighted by Crippen LogP contribution is 2.51. The average Bonchev–Trinajstić information content (AvgIpc) is 3.94. The lowest BCUT2D eigenvalue weighted by molar-refractivity contribution is 0.669. The monoisotopic (exact) mass is 805 g/mol. The van der Waals surface area contributed by atoms with Crippen LogP contribution in [0.1, 0.15) is 0 Å². The van der Waals surface area contributed by atoms with Crippen molar-refractivity contribution >= 4 is 60.9 Å². The summed E-state index contributed by atoms with van der Waals surface area (Å²) in [6.07, 6.45) is 0. The van der Waals surface area contributed by atoms with Crippen molar-refractivity contribution in [2.75, 3.05) is 4.90 Å². The molecule has 10 aromatic carbocycles. The summed E-state index contributed by atoms with van der Waals surface area (Å²) in [6, 6.07) is 84.2. The van der Waals surface area contributed by atoms with Gasteiger partial charge in [-0.25, -0.2) is 0 Å². The van der Waals surface area contributed by atoms with Crippen LogP contribution in [0, 0.1) is 0 Å². The molecule has 0 amide bonds. The van der Waals surface area contributed by atoms with Crippen LogP contribution in [0.5, 0.6) is 0 Å². The highest BCUT2D eigenvalue weighted by Gasteiger charge is 2.26. The van der Waals surface area contributed by atoms with E-state index in [-0.39, 0.29) is 0 Å². The Morgan fingerprint density at radius 1 is 0.270 bits per heavy atom. The summed E-state index contributed by atoms with van der Waals surface area (Å²) in [7, 11) is 0. The van der Waals surface area contributed by atoms with E-state index < -0.39 is 0 Å². The number of benzene rings is 10. The number of para-hydroxylation sites is 4. The van der Waals surface area contributed by atoms with E-state index >= 15 is 0 Å².